The minimum Gasteiger partial charge on any atom is -0.308 e. The summed E-state index contributed by atoms with van der Waals surface area (Å²) in [6.45, 7) is 0. The van der Waals surface area contributed by atoms with Crippen LogP contribution >= 0.6 is 23.4 Å². The minimum atomic E-state index is -0.184. The van der Waals surface area contributed by atoms with Crippen molar-refractivity contribution in [2.45, 2.75) is 4.90 Å². The number of rotatable bonds is 5. The summed E-state index contributed by atoms with van der Waals surface area (Å²) >= 11 is 7.67. The van der Waals surface area contributed by atoms with E-state index < -0.39 is 0 Å². The first-order valence-corrected chi connectivity index (χ1v) is 8.72. The molecule has 0 saturated carbocycles. The minimum absolute atomic E-state index is 0.184. The van der Waals surface area contributed by atoms with Crippen molar-refractivity contribution in [2.75, 3.05) is 11.9 Å². The average molecular weight is 371 g/mol. The molecule has 0 fully saturated rings. The molecule has 1 aromatic carbocycles. The number of nitrogens with zero attached hydrogens (tertiary/aromatic N) is 4. The molecule has 1 amide bonds. The van der Waals surface area contributed by atoms with Gasteiger partial charge in [-0.1, -0.05) is 41.6 Å². The summed E-state index contributed by atoms with van der Waals surface area (Å²) in [7, 11) is 1.66. The number of amides is 1. The highest BCUT2D eigenvalue weighted by atomic mass is 35.5. The molecular formula is C18H15ClN4OS. The Balaban J connectivity index is 1.71. The second kappa shape index (κ2) is 8.00. The Hall–Kier alpha value is -2.57. The van der Waals surface area contributed by atoms with Crippen LogP contribution in [0.2, 0.25) is 5.15 Å². The average Bonchev–Trinajstić information content (AvgIpc) is 3.04. The number of benzene rings is 1. The molecule has 0 aliphatic rings. The van der Waals surface area contributed by atoms with Gasteiger partial charge in [0, 0.05) is 24.2 Å². The molecule has 25 heavy (non-hydrogen) atoms. The van der Waals surface area contributed by atoms with E-state index in [1.54, 1.807) is 35.7 Å². The second-order valence-corrected chi connectivity index (χ2v) is 6.43. The molecule has 0 aliphatic heterocycles. The van der Waals surface area contributed by atoms with Crippen LogP contribution in [0.4, 0.5) is 5.69 Å². The van der Waals surface area contributed by atoms with Gasteiger partial charge in [0.1, 0.15) is 5.69 Å². The third-order valence-corrected chi connectivity index (χ3v) is 4.50. The highest BCUT2D eigenvalue weighted by Crippen LogP contribution is 2.25. The Morgan fingerprint density at radius 3 is 2.76 bits per heavy atom. The molecule has 0 radical (unpaired) electrons. The van der Waals surface area contributed by atoms with Crippen LogP contribution < -0.4 is 4.90 Å². The molecule has 0 spiro atoms. The number of likely N-dealkylation sites (N-methyl/N-ethyl adjacent to an activating group) is 1. The summed E-state index contributed by atoms with van der Waals surface area (Å²) in [6, 6.07) is 13.5. The van der Waals surface area contributed by atoms with Crippen molar-refractivity contribution in [3.63, 3.8) is 0 Å². The summed E-state index contributed by atoms with van der Waals surface area (Å²) < 4.78 is 1.59. The molecule has 0 N–H and O–H groups in total. The van der Waals surface area contributed by atoms with E-state index in [0.717, 1.165) is 10.6 Å². The molecule has 126 valence electrons. The van der Waals surface area contributed by atoms with Gasteiger partial charge in [0.25, 0.3) is 5.91 Å². The number of carbonyl (C=O) groups excluding carboxylic acids is 1. The lowest BCUT2D eigenvalue weighted by Gasteiger charge is -2.12. The Bertz CT molecular complexity index is 881. The lowest BCUT2D eigenvalue weighted by atomic mass is 10.4. The van der Waals surface area contributed by atoms with Gasteiger partial charge in [0.05, 0.1) is 18.1 Å². The predicted molar refractivity (Wildman–Crippen MR) is 101 cm³/mol. The van der Waals surface area contributed by atoms with Crippen molar-refractivity contribution in [1.29, 1.82) is 0 Å². The summed E-state index contributed by atoms with van der Waals surface area (Å²) in [5.74, 6) is -0.184. The summed E-state index contributed by atoms with van der Waals surface area (Å²) in [5, 5.41) is 6.24. The first-order valence-electron chi connectivity index (χ1n) is 7.46. The van der Waals surface area contributed by atoms with Crippen LogP contribution in [0.5, 0.6) is 0 Å². The Kier molecular flexibility index (Phi) is 5.53. The van der Waals surface area contributed by atoms with Gasteiger partial charge in [-0.05, 0) is 29.7 Å². The highest BCUT2D eigenvalue weighted by molar-refractivity contribution is 8.02. The summed E-state index contributed by atoms with van der Waals surface area (Å²) in [6.07, 6.45) is 6.57. The van der Waals surface area contributed by atoms with E-state index in [9.17, 15) is 4.79 Å². The molecule has 7 heteroatoms. The molecule has 0 bridgehead atoms. The largest absolute Gasteiger partial charge is 0.308 e. The van der Waals surface area contributed by atoms with Crippen molar-refractivity contribution in [1.82, 2.24) is 14.8 Å². The maximum Gasteiger partial charge on any atom is 0.251 e. The van der Waals surface area contributed by atoms with Crippen LogP contribution in [0.1, 0.15) is 0 Å². The lowest BCUT2D eigenvalue weighted by Crippen LogP contribution is -2.23. The Morgan fingerprint density at radius 2 is 2.04 bits per heavy atom. The van der Waals surface area contributed by atoms with Gasteiger partial charge in [-0.15, -0.1) is 0 Å². The van der Waals surface area contributed by atoms with Gasteiger partial charge < -0.3 is 4.90 Å². The van der Waals surface area contributed by atoms with Crippen LogP contribution in [-0.4, -0.2) is 27.7 Å². The van der Waals surface area contributed by atoms with Crippen LogP contribution in [-0.2, 0) is 4.79 Å². The lowest BCUT2D eigenvalue weighted by molar-refractivity contribution is -0.113. The van der Waals surface area contributed by atoms with Gasteiger partial charge >= 0.3 is 0 Å². The number of carbonyl (C=O) groups is 1. The predicted octanol–water partition coefficient (Wildman–Crippen LogP) is 4.19. The SMILES string of the molecule is CN(C(=O)C=CSc1ccccc1)c1cn(-c2cccnc2)nc1Cl. The molecule has 0 aliphatic carbocycles. The normalized spacial score (nSPS) is 11.0. The van der Waals surface area contributed by atoms with Crippen molar-refractivity contribution < 1.29 is 4.79 Å². The fourth-order valence-electron chi connectivity index (χ4n) is 2.09. The van der Waals surface area contributed by atoms with E-state index in [-0.39, 0.29) is 11.1 Å². The highest BCUT2D eigenvalue weighted by Gasteiger charge is 2.16. The molecule has 3 rings (SSSR count). The molecule has 5 nitrogen and oxygen atoms in total. The summed E-state index contributed by atoms with van der Waals surface area (Å²) in [4.78, 5) is 18.9. The van der Waals surface area contributed by atoms with E-state index in [4.69, 9.17) is 11.6 Å². The summed E-state index contributed by atoms with van der Waals surface area (Å²) in [5.41, 5.74) is 1.30. The van der Waals surface area contributed by atoms with Gasteiger partial charge in [0.15, 0.2) is 5.15 Å². The number of thioether (sulfide) groups is 1. The van der Waals surface area contributed by atoms with Gasteiger partial charge in [0.2, 0.25) is 0 Å². The molecular weight excluding hydrogens is 356 g/mol. The van der Waals surface area contributed by atoms with Crippen LogP contribution in [0.3, 0.4) is 0 Å². The van der Waals surface area contributed by atoms with E-state index in [0.29, 0.717) is 5.69 Å². The number of pyridine rings is 1. The van der Waals surface area contributed by atoms with Crippen molar-refractivity contribution in [3.8, 4) is 5.69 Å². The monoisotopic (exact) mass is 370 g/mol. The molecule has 0 saturated heterocycles. The van der Waals surface area contributed by atoms with Crippen LogP contribution in [0.15, 0.2) is 77.4 Å². The fraction of sp³-hybridized carbons (Fsp3) is 0.0556. The van der Waals surface area contributed by atoms with E-state index in [1.165, 1.54) is 22.7 Å². The van der Waals surface area contributed by atoms with Crippen molar-refractivity contribution in [2.24, 2.45) is 0 Å². The van der Waals surface area contributed by atoms with Crippen molar-refractivity contribution >= 4 is 35.0 Å². The quantitative estimate of drug-likeness (QED) is 0.499. The zero-order valence-electron chi connectivity index (χ0n) is 13.4. The first-order chi connectivity index (χ1) is 12.1. The molecule has 0 atom stereocenters. The number of hydrogen-bond donors (Lipinski definition) is 0. The molecule has 2 heterocycles. The van der Waals surface area contributed by atoms with Crippen LogP contribution in [0.25, 0.3) is 5.69 Å². The zero-order chi connectivity index (χ0) is 17.6. The fourth-order valence-corrected chi connectivity index (χ4v) is 3.00. The third kappa shape index (κ3) is 4.29. The van der Waals surface area contributed by atoms with Gasteiger partial charge in [-0.3, -0.25) is 9.78 Å². The van der Waals surface area contributed by atoms with Gasteiger partial charge in [-0.25, -0.2) is 4.68 Å². The van der Waals surface area contributed by atoms with Crippen molar-refractivity contribution in [3.05, 3.63) is 77.7 Å². The van der Waals surface area contributed by atoms with E-state index >= 15 is 0 Å². The smallest absolute Gasteiger partial charge is 0.251 e. The molecule has 2 aromatic heterocycles. The second-order valence-electron chi connectivity index (χ2n) is 5.09. The number of hydrogen-bond acceptors (Lipinski definition) is 4. The maximum absolute atomic E-state index is 12.3. The maximum atomic E-state index is 12.3. The van der Waals surface area contributed by atoms with Crippen LogP contribution in [0, 0.1) is 0 Å². The third-order valence-electron chi connectivity index (χ3n) is 3.41. The number of aromatic nitrogens is 3. The Labute approximate surface area is 154 Å². The molecule has 3 aromatic rings. The number of halogens is 1. The van der Waals surface area contributed by atoms with Gasteiger partial charge in [-0.2, -0.15) is 5.10 Å². The topological polar surface area (TPSA) is 51.0 Å². The zero-order valence-corrected chi connectivity index (χ0v) is 15.0. The first kappa shape index (κ1) is 17.3. The molecule has 0 unspecified atom stereocenters. The Morgan fingerprint density at radius 1 is 1.24 bits per heavy atom. The number of anilines is 1. The standard InChI is InChI=1S/C18H15ClN4OS/c1-22(17(24)9-11-25-15-7-3-2-4-8-15)16-13-23(21-18(16)19)14-6-5-10-20-12-14/h2-13H,1H3. The van der Waals surface area contributed by atoms with E-state index in [1.807, 2.05) is 42.5 Å². The van der Waals surface area contributed by atoms with E-state index in [2.05, 4.69) is 10.1 Å².